The molecule has 1 aromatic carbocycles. The van der Waals surface area contributed by atoms with Gasteiger partial charge in [-0.15, -0.1) is 0 Å². The van der Waals surface area contributed by atoms with Crippen LogP contribution in [0, 0.1) is 0 Å². The number of carbonyl (C=O) groups excluding carboxylic acids is 1. The molecule has 0 saturated carbocycles. The van der Waals surface area contributed by atoms with Gasteiger partial charge in [0.25, 0.3) is 5.91 Å². The van der Waals surface area contributed by atoms with Gasteiger partial charge in [-0.3, -0.25) is 4.79 Å². The van der Waals surface area contributed by atoms with Crippen LogP contribution in [-0.2, 0) is 0 Å². The summed E-state index contributed by atoms with van der Waals surface area (Å²) in [7, 11) is 0. The van der Waals surface area contributed by atoms with Crippen molar-refractivity contribution < 1.29 is 4.79 Å². The van der Waals surface area contributed by atoms with E-state index >= 15 is 0 Å². The molecule has 120 valence electrons. The number of aromatic nitrogens is 1. The SMILES string of the molecule is O=C(N[C@@H]1C[C@H]2CC[C@@H]1N2)c1ccc(Sc2ccc(Cl)[nH]2)cc1. The number of benzene rings is 1. The molecule has 2 aromatic rings. The van der Waals surface area contributed by atoms with E-state index in [0.717, 1.165) is 16.3 Å². The van der Waals surface area contributed by atoms with Gasteiger partial charge < -0.3 is 15.6 Å². The molecule has 2 aliphatic rings. The van der Waals surface area contributed by atoms with E-state index in [-0.39, 0.29) is 11.9 Å². The summed E-state index contributed by atoms with van der Waals surface area (Å²) in [5, 5.41) is 8.32. The molecule has 0 spiro atoms. The number of carbonyl (C=O) groups is 1. The number of aromatic amines is 1. The van der Waals surface area contributed by atoms with Crippen molar-refractivity contribution in [3.63, 3.8) is 0 Å². The minimum absolute atomic E-state index is 0.0174. The lowest BCUT2D eigenvalue weighted by Gasteiger charge is -2.21. The van der Waals surface area contributed by atoms with Crippen LogP contribution < -0.4 is 10.6 Å². The second-order valence-electron chi connectivity index (χ2n) is 6.16. The first kappa shape index (κ1) is 15.1. The highest BCUT2D eigenvalue weighted by atomic mass is 35.5. The molecule has 2 aliphatic heterocycles. The topological polar surface area (TPSA) is 56.9 Å². The molecule has 4 rings (SSSR count). The summed E-state index contributed by atoms with van der Waals surface area (Å²) in [5.74, 6) is 0.0174. The van der Waals surface area contributed by atoms with Gasteiger partial charge in [0.05, 0.1) is 5.03 Å². The standard InChI is InChI=1S/C17H18ClN3OS/c18-15-7-8-16(21-15)23-12-4-1-10(2-5-12)17(22)20-14-9-11-3-6-13(14)19-11/h1-2,4-5,7-8,11,13-14,19,21H,3,6,9H2,(H,20,22)/t11-,13+,14-/m1/s1. The Bertz CT molecular complexity index is 715. The fraction of sp³-hybridized carbons (Fsp3) is 0.353. The van der Waals surface area contributed by atoms with E-state index in [9.17, 15) is 4.79 Å². The fourth-order valence-corrected chi connectivity index (χ4v) is 4.49. The van der Waals surface area contributed by atoms with Crippen LogP contribution in [-0.4, -0.2) is 29.0 Å². The Morgan fingerprint density at radius 1 is 1.17 bits per heavy atom. The van der Waals surface area contributed by atoms with E-state index in [1.165, 1.54) is 12.8 Å². The number of rotatable bonds is 4. The smallest absolute Gasteiger partial charge is 0.251 e. The Morgan fingerprint density at radius 3 is 2.61 bits per heavy atom. The van der Waals surface area contributed by atoms with Crippen molar-refractivity contribution in [1.29, 1.82) is 0 Å². The first-order chi connectivity index (χ1) is 11.2. The van der Waals surface area contributed by atoms with E-state index in [4.69, 9.17) is 11.6 Å². The molecule has 3 atom stereocenters. The molecule has 0 aliphatic carbocycles. The van der Waals surface area contributed by atoms with Gasteiger partial charge in [-0.25, -0.2) is 0 Å². The number of amides is 1. The zero-order valence-electron chi connectivity index (χ0n) is 12.5. The van der Waals surface area contributed by atoms with Crippen LogP contribution in [0.3, 0.4) is 0 Å². The lowest BCUT2D eigenvalue weighted by Crippen LogP contribution is -2.42. The molecule has 1 amide bonds. The summed E-state index contributed by atoms with van der Waals surface area (Å²) >= 11 is 7.46. The highest BCUT2D eigenvalue weighted by molar-refractivity contribution is 7.99. The van der Waals surface area contributed by atoms with E-state index in [2.05, 4.69) is 15.6 Å². The maximum Gasteiger partial charge on any atom is 0.251 e. The molecule has 0 radical (unpaired) electrons. The van der Waals surface area contributed by atoms with Crippen molar-refractivity contribution in [3.8, 4) is 0 Å². The third-order valence-corrected chi connectivity index (χ3v) is 5.77. The molecular formula is C17H18ClN3OS. The zero-order valence-corrected chi connectivity index (χ0v) is 14.1. The van der Waals surface area contributed by atoms with Crippen LogP contribution in [0.4, 0.5) is 0 Å². The number of H-pyrrole nitrogens is 1. The minimum Gasteiger partial charge on any atom is -0.348 e. The molecule has 0 unspecified atom stereocenters. The average Bonchev–Trinajstić information content (AvgIpc) is 3.25. The lowest BCUT2D eigenvalue weighted by atomic mass is 9.95. The van der Waals surface area contributed by atoms with Crippen molar-refractivity contribution in [3.05, 3.63) is 47.1 Å². The van der Waals surface area contributed by atoms with Crippen molar-refractivity contribution in [2.45, 2.75) is 47.3 Å². The normalized spacial score (nSPS) is 25.7. The van der Waals surface area contributed by atoms with E-state index in [1.54, 1.807) is 11.8 Å². The maximum atomic E-state index is 12.4. The predicted molar refractivity (Wildman–Crippen MR) is 92.2 cm³/mol. The third kappa shape index (κ3) is 3.27. The van der Waals surface area contributed by atoms with Gasteiger partial charge in [0.15, 0.2) is 0 Å². The maximum absolute atomic E-state index is 12.4. The van der Waals surface area contributed by atoms with E-state index in [0.29, 0.717) is 22.8 Å². The van der Waals surface area contributed by atoms with Crippen molar-refractivity contribution in [2.75, 3.05) is 0 Å². The number of hydrogen-bond acceptors (Lipinski definition) is 3. The van der Waals surface area contributed by atoms with E-state index in [1.807, 2.05) is 36.4 Å². The van der Waals surface area contributed by atoms with Crippen molar-refractivity contribution in [1.82, 2.24) is 15.6 Å². The Hall–Kier alpha value is -1.43. The Morgan fingerprint density at radius 2 is 2.00 bits per heavy atom. The molecular weight excluding hydrogens is 330 g/mol. The molecule has 3 N–H and O–H groups in total. The van der Waals surface area contributed by atoms with Crippen LogP contribution >= 0.6 is 23.4 Å². The Kier molecular flexibility index (Phi) is 4.09. The monoisotopic (exact) mass is 347 g/mol. The Balaban J connectivity index is 1.38. The summed E-state index contributed by atoms with van der Waals surface area (Å²) in [6, 6.07) is 12.8. The van der Waals surface area contributed by atoms with Gasteiger partial charge in [-0.1, -0.05) is 23.4 Å². The second kappa shape index (κ2) is 6.23. The number of nitrogens with one attached hydrogen (secondary N) is 3. The van der Waals surface area contributed by atoms with Crippen molar-refractivity contribution >= 4 is 29.3 Å². The number of fused-ring (bicyclic) bond motifs is 2. The quantitative estimate of drug-likeness (QED) is 0.794. The van der Waals surface area contributed by atoms with Gasteiger partial charge >= 0.3 is 0 Å². The molecule has 6 heteroatoms. The average molecular weight is 348 g/mol. The van der Waals surface area contributed by atoms with Crippen molar-refractivity contribution in [2.24, 2.45) is 0 Å². The van der Waals surface area contributed by atoms with Gasteiger partial charge in [-0.2, -0.15) is 0 Å². The summed E-state index contributed by atoms with van der Waals surface area (Å²) in [4.78, 5) is 16.5. The molecule has 4 nitrogen and oxygen atoms in total. The zero-order chi connectivity index (χ0) is 15.8. The van der Waals surface area contributed by atoms with Crippen LogP contribution in [0.1, 0.15) is 29.6 Å². The highest BCUT2D eigenvalue weighted by Crippen LogP contribution is 2.29. The first-order valence-electron chi connectivity index (χ1n) is 7.87. The van der Waals surface area contributed by atoms with Crippen LogP contribution in [0.25, 0.3) is 0 Å². The molecule has 1 aromatic heterocycles. The number of hydrogen-bond donors (Lipinski definition) is 3. The third-order valence-electron chi connectivity index (χ3n) is 4.58. The summed E-state index contributed by atoms with van der Waals surface area (Å²) in [6.45, 7) is 0. The fourth-order valence-electron chi connectivity index (χ4n) is 3.45. The van der Waals surface area contributed by atoms with Gasteiger partial charge in [-0.05, 0) is 55.7 Å². The predicted octanol–water partition coefficient (Wildman–Crippen LogP) is 3.44. The van der Waals surface area contributed by atoms with Gasteiger partial charge in [0.2, 0.25) is 0 Å². The molecule has 2 bridgehead atoms. The molecule has 3 heterocycles. The molecule has 2 fully saturated rings. The van der Waals surface area contributed by atoms with Crippen LogP contribution in [0.5, 0.6) is 0 Å². The van der Waals surface area contributed by atoms with Crippen LogP contribution in [0.2, 0.25) is 5.15 Å². The van der Waals surface area contributed by atoms with Gasteiger partial charge in [0, 0.05) is 28.6 Å². The number of halogens is 1. The molecule has 2 saturated heterocycles. The summed E-state index contributed by atoms with van der Waals surface area (Å²) < 4.78 is 0. The first-order valence-corrected chi connectivity index (χ1v) is 9.06. The second-order valence-corrected chi connectivity index (χ2v) is 7.68. The molecule has 23 heavy (non-hydrogen) atoms. The minimum atomic E-state index is 0.0174. The van der Waals surface area contributed by atoms with E-state index < -0.39 is 0 Å². The Labute approximate surface area is 144 Å². The highest BCUT2D eigenvalue weighted by Gasteiger charge is 2.39. The lowest BCUT2D eigenvalue weighted by molar-refractivity contribution is 0.0931. The summed E-state index contributed by atoms with van der Waals surface area (Å²) in [5.41, 5.74) is 0.710. The van der Waals surface area contributed by atoms with Gasteiger partial charge in [0.1, 0.15) is 5.15 Å². The van der Waals surface area contributed by atoms with Crippen LogP contribution in [0.15, 0.2) is 46.3 Å². The largest absolute Gasteiger partial charge is 0.348 e. The summed E-state index contributed by atoms with van der Waals surface area (Å²) in [6.07, 6.45) is 3.47.